The summed E-state index contributed by atoms with van der Waals surface area (Å²) in [5, 5.41) is 2.52. The van der Waals surface area contributed by atoms with Gasteiger partial charge >= 0.3 is 0 Å². The van der Waals surface area contributed by atoms with Gasteiger partial charge in [0.15, 0.2) is 0 Å². The third-order valence-corrected chi connectivity index (χ3v) is 6.15. The molecular formula is C24H25N3O4S. The van der Waals surface area contributed by atoms with Crippen LogP contribution in [0.1, 0.15) is 31.4 Å². The van der Waals surface area contributed by atoms with Gasteiger partial charge in [0.1, 0.15) is 28.8 Å². The Labute approximate surface area is 191 Å². The van der Waals surface area contributed by atoms with Crippen molar-refractivity contribution < 1.29 is 19.1 Å². The van der Waals surface area contributed by atoms with Gasteiger partial charge in [0.2, 0.25) is 0 Å². The number of ether oxygens (including phenoxy) is 2. The highest BCUT2D eigenvalue weighted by Crippen LogP contribution is 2.19. The monoisotopic (exact) mass is 451 g/mol. The Morgan fingerprint density at radius 1 is 0.969 bits per heavy atom. The summed E-state index contributed by atoms with van der Waals surface area (Å²) in [6.07, 6.45) is 0. The Balaban J connectivity index is 1.30. The minimum Gasteiger partial charge on any atom is -0.497 e. The van der Waals surface area contributed by atoms with E-state index in [0.29, 0.717) is 49.8 Å². The standard InChI is InChI=1S/C24H25N3O4S/c1-17-6-8-19(9-7-17)31-15-22-25-21(16-32-22)24(29)27-12-10-26(11-13-27)23(28)18-4-3-5-20(14-18)30-2/h3-9,14,16H,10-13,15H2,1-2H3. The molecule has 2 aromatic carbocycles. The predicted octanol–water partition coefficient (Wildman–Crippen LogP) is 3.64. The van der Waals surface area contributed by atoms with E-state index in [9.17, 15) is 9.59 Å². The lowest BCUT2D eigenvalue weighted by Gasteiger charge is -2.34. The minimum atomic E-state index is -0.115. The number of hydrogen-bond donors (Lipinski definition) is 0. The van der Waals surface area contributed by atoms with Gasteiger partial charge < -0.3 is 19.3 Å². The molecular weight excluding hydrogens is 426 g/mol. The molecule has 0 N–H and O–H groups in total. The van der Waals surface area contributed by atoms with E-state index in [0.717, 1.165) is 10.8 Å². The predicted molar refractivity (Wildman–Crippen MR) is 122 cm³/mol. The molecule has 1 aromatic heterocycles. The molecule has 1 fully saturated rings. The second kappa shape index (κ2) is 9.82. The maximum Gasteiger partial charge on any atom is 0.273 e. The number of amides is 2. The van der Waals surface area contributed by atoms with Gasteiger partial charge in [0, 0.05) is 37.1 Å². The van der Waals surface area contributed by atoms with Crippen molar-refractivity contribution in [1.82, 2.24) is 14.8 Å². The molecule has 32 heavy (non-hydrogen) atoms. The maximum absolute atomic E-state index is 12.9. The topological polar surface area (TPSA) is 72.0 Å². The molecule has 0 radical (unpaired) electrons. The second-order valence-electron chi connectivity index (χ2n) is 7.54. The molecule has 0 bridgehead atoms. The lowest BCUT2D eigenvalue weighted by molar-refractivity contribution is 0.0532. The highest BCUT2D eigenvalue weighted by molar-refractivity contribution is 7.09. The van der Waals surface area contributed by atoms with Crippen LogP contribution < -0.4 is 9.47 Å². The fourth-order valence-electron chi connectivity index (χ4n) is 3.47. The molecule has 2 amide bonds. The number of carbonyl (C=O) groups excluding carboxylic acids is 2. The first-order valence-electron chi connectivity index (χ1n) is 10.4. The van der Waals surface area contributed by atoms with Gasteiger partial charge in [0.05, 0.1) is 7.11 Å². The van der Waals surface area contributed by atoms with E-state index in [1.54, 1.807) is 46.6 Å². The Kier molecular flexibility index (Phi) is 6.70. The third kappa shape index (κ3) is 5.08. The van der Waals surface area contributed by atoms with Gasteiger partial charge in [-0.15, -0.1) is 11.3 Å². The molecule has 0 unspecified atom stereocenters. The number of nitrogens with zero attached hydrogens (tertiary/aromatic N) is 3. The zero-order chi connectivity index (χ0) is 22.5. The lowest BCUT2D eigenvalue weighted by Crippen LogP contribution is -2.50. The summed E-state index contributed by atoms with van der Waals surface area (Å²) in [6, 6.07) is 14.9. The number of thiazole rings is 1. The average Bonchev–Trinajstić information content (AvgIpc) is 3.32. The van der Waals surface area contributed by atoms with Crippen molar-refractivity contribution in [3.63, 3.8) is 0 Å². The highest BCUT2D eigenvalue weighted by Gasteiger charge is 2.27. The molecule has 0 atom stereocenters. The van der Waals surface area contributed by atoms with Crippen molar-refractivity contribution in [1.29, 1.82) is 0 Å². The summed E-state index contributed by atoms with van der Waals surface area (Å²) in [5.41, 5.74) is 2.18. The normalized spacial score (nSPS) is 13.7. The van der Waals surface area contributed by atoms with Crippen LogP contribution in [0.25, 0.3) is 0 Å². The molecule has 1 aliphatic heterocycles. The van der Waals surface area contributed by atoms with E-state index in [1.165, 1.54) is 16.9 Å². The number of benzene rings is 2. The lowest BCUT2D eigenvalue weighted by atomic mass is 10.1. The minimum absolute atomic E-state index is 0.0554. The second-order valence-corrected chi connectivity index (χ2v) is 8.49. The molecule has 3 aromatic rings. The van der Waals surface area contributed by atoms with Crippen LogP contribution in [0.5, 0.6) is 11.5 Å². The third-order valence-electron chi connectivity index (χ3n) is 5.32. The Morgan fingerprint density at radius 3 is 2.34 bits per heavy atom. The first-order valence-corrected chi connectivity index (χ1v) is 11.3. The summed E-state index contributed by atoms with van der Waals surface area (Å²) < 4.78 is 11.0. The molecule has 1 aliphatic rings. The summed E-state index contributed by atoms with van der Waals surface area (Å²) in [7, 11) is 1.58. The molecule has 0 spiro atoms. The van der Waals surface area contributed by atoms with Gasteiger partial charge in [-0.3, -0.25) is 9.59 Å². The highest BCUT2D eigenvalue weighted by atomic mass is 32.1. The molecule has 7 nitrogen and oxygen atoms in total. The SMILES string of the molecule is COc1cccc(C(=O)N2CCN(C(=O)c3csc(COc4ccc(C)cc4)n3)CC2)c1. The van der Waals surface area contributed by atoms with E-state index in [2.05, 4.69) is 4.98 Å². The van der Waals surface area contributed by atoms with Crippen molar-refractivity contribution in [3.8, 4) is 11.5 Å². The van der Waals surface area contributed by atoms with Crippen LogP contribution in [0, 0.1) is 6.92 Å². The number of hydrogen-bond acceptors (Lipinski definition) is 6. The quantitative estimate of drug-likeness (QED) is 0.572. The molecule has 1 saturated heterocycles. The van der Waals surface area contributed by atoms with Crippen molar-refractivity contribution in [2.45, 2.75) is 13.5 Å². The van der Waals surface area contributed by atoms with Crippen LogP contribution in [0.15, 0.2) is 53.9 Å². The Bertz CT molecular complexity index is 1090. The Morgan fingerprint density at radius 2 is 1.66 bits per heavy atom. The number of aromatic nitrogens is 1. The number of aryl methyl sites for hydroxylation is 1. The van der Waals surface area contributed by atoms with E-state index >= 15 is 0 Å². The molecule has 0 saturated carbocycles. The van der Waals surface area contributed by atoms with Crippen LogP contribution in [0.2, 0.25) is 0 Å². The van der Waals surface area contributed by atoms with E-state index in [4.69, 9.17) is 9.47 Å². The maximum atomic E-state index is 12.9. The fraction of sp³-hybridized carbons (Fsp3) is 0.292. The van der Waals surface area contributed by atoms with Gasteiger partial charge in [-0.2, -0.15) is 0 Å². The van der Waals surface area contributed by atoms with E-state index < -0.39 is 0 Å². The zero-order valence-corrected chi connectivity index (χ0v) is 18.9. The van der Waals surface area contributed by atoms with Crippen molar-refractivity contribution in [2.75, 3.05) is 33.3 Å². The molecule has 4 rings (SSSR count). The van der Waals surface area contributed by atoms with Crippen LogP contribution in [0.4, 0.5) is 0 Å². The summed E-state index contributed by atoms with van der Waals surface area (Å²) in [5.74, 6) is 1.25. The van der Waals surface area contributed by atoms with Crippen LogP contribution in [-0.4, -0.2) is 59.9 Å². The largest absolute Gasteiger partial charge is 0.497 e. The van der Waals surface area contributed by atoms with Crippen molar-refractivity contribution >= 4 is 23.2 Å². The first kappa shape index (κ1) is 21.8. The van der Waals surface area contributed by atoms with Gasteiger partial charge in [0.25, 0.3) is 11.8 Å². The Hall–Kier alpha value is -3.39. The molecule has 0 aliphatic carbocycles. The summed E-state index contributed by atoms with van der Waals surface area (Å²) >= 11 is 1.41. The fourth-order valence-corrected chi connectivity index (χ4v) is 4.15. The first-order chi connectivity index (χ1) is 15.5. The zero-order valence-electron chi connectivity index (χ0n) is 18.1. The van der Waals surface area contributed by atoms with Crippen LogP contribution in [-0.2, 0) is 6.61 Å². The number of rotatable bonds is 6. The van der Waals surface area contributed by atoms with Gasteiger partial charge in [-0.1, -0.05) is 23.8 Å². The molecule has 8 heteroatoms. The summed E-state index contributed by atoms with van der Waals surface area (Å²) in [6.45, 7) is 4.26. The van der Waals surface area contributed by atoms with Gasteiger partial charge in [-0.05, 0) is 37.3 Å². The number of methoxy groups -OCH3 is 1. The summed E-state index contributed by atoms with van der Waals surface area (Å²) in [4.78, 5) is 33.6. The molecule has 2 heterocycles. The van der Waals surface area contributed by atoms with Crippen molar-refractivity contribution in [3.05, 3.63) is 75.7 Å². The van der Waals surface area contributed by atoms with Gasteiger partial charge in [-0.25, -0.2) is 4.98 Å². The number of piperazine rings is 1. The van der Waals surface area contributed by atoms with Crippen molar-refractivity contribution in [2.24, 2.45) is 0 Å². The average molecular weight is 452 g/mol. The van der Waals surface area contributed by atoms with Crippen LogP contribution in [0.3, 0.4) is 0 Å². The smallest absolute Gasteiger partial charge is 0.273 e. The van der Waals surface area contributed by atoms with E-state index in [-0.39, 0.29) is 11.8 Å². The molecule has 166 valence electrons. The van der Waals surface area contributed by atoms with E-state index in [1.807, 2.05) is 31.2 Å². The van der Waals surface area contributed by atoms with Crippen LogP contribution >= 0.6 is 11.3 Å². The number of carbonyl (C=O) groups is 2.